The molecule has 19 heavy (non-hydrogen) atoms. The van der Waals surface area contributed by atoms with Crippen molar-refractivity contribution in [1.29, 1.82) is 0 Å². The molecule has 1 unspecified atom stereocenters. The Morgan fingerprint density at radius 3 is 2.89 bits per heavy atom. The first kappa shape index (κ1) is 14.4. The van der Waals surface area contributed by atoms with E-state index in [9.17, 15) is 5.11 Å². The van der Waals surface area contributed by atoms with Crippen LogP contribution in [0.4, 0.5) is 0 Å². The number of aliphatic hydroxyl groups excluding tert-OH is 1. The molecule has 1 aliphatic heterocycles. The largest absolute Gasteiger partial charge is 0.396 e. The van der Waals surface area contributed by atoms with Crippen molar-refractivity contribution < 1.29 is 5.11 Å². The maximum Gasteiger partial charge on any atom is 0.104 e. The molecule has 0 aliphatic carbocycles. The fourth-order valence-corrected chi connectivity index (χ4v) is 3.06. The highest BCUT2D eigenvalue weighted by atomic mass is 32.1. The first-order valence-corrected chi connectivity index (χ1v) is 7.36. The van der Waals surface area contributed by atoms with Gasteiger partial charge in [-0.3, -0.25) is 4.90 Å². The topological polar surface area (TPSA) is 49.5 Å². The Morgan fingerprint density at radius 2 is 2.16 bits per heavy atom. The lowest BCUT2D eigenvalue weighted by Crippen LogP contribution is -2.39. The maximum atomic E-state index is 9.18. The molecule has 3 nitrogen and oxygen atoms in total. The molecule has 0 saturated carbocycles. The van der Waals surface area contributed by atoms with Gasteiger partial charge in [-0.2, -0.15) is 0 Å². The fourth-order valence-electron chi connectivity index (χ4n) is 2.86. The van der Waals surface area contributed by atoms with Gasteiger partial charge in [0.2, 0.25) is 0 Å². The Morgan fingerprint density at radius 1 is 1.37 bits per heavy atom. The zero-order chi connectivity index (χ0) is 13.7. The standard InChI is InChI=1S/C15H22N2OS/c16-15(19)14-7-2-1-5-12(14)11-17-9-4-3-6-13(17)8-10-18/h1-2,5,7,13,18H,3-4,6,8-11H2,(H2,16,19). The van der Waals surface area contributed by atoms with Gasteiger partial charge in [0.1, 0.15) is 4.99 Å². The number of hydrogen-bond acceptors (Lipinski definition) is 3. The van der Waals surface area contributed by atoms with E-state index in [-0.39, 0.29) is 6.61 Å². The van der Waals surface area contributed by atoms with Crippen molar-refractivity contribution >= 4 is 17.2 Å². The van der Waals surface area contributed by atoms with Crippen LogP contribution in [0.2, 0.25) is 0 Å². The number of piperidine rings is 1. The Bertz CT molecular complexity index is 434. The predicted octanol–water partition coefficient (Wildman–Crippen LogP) is 2.06. The van der Waals surface area contributed by atoms with Gasteiger partial charge in [-0.05, 0) is 31.4 Å². The van der Waals surface area contributed by atoms with Crippen LogP contribution in [0.15, 0.2) is 24.3 Å². The Balaban J connectivity index is 2.12. The van der Waals surface area contributed by atoms with Crippen molar-refractivity contribution in [2.24, 2.45) is 5.73 Å². The molecule has 0 amide bonds. The van der Waals surface area contributed by atoms with E-state index in [1.807, 2.05) is 18.2 Å². The van der Waals surface area contributed by atoms with Crippen molar-refractivity contribution in [2.75, 3.05) is 13.2 Å². The molecule has 2 rings (SSSR count). The van der Waals surface area contributed by atoms with Crippen molar-refractivity contribution in [3.05, 3.63) is 35.4 Å². The summed E-state index contributed by atoms with van der Waals surface area (Å²) in [6.45, 7) is 2.23. The quantitative estimate of drug-likeness (QED) is 0.810. The van der Waals surface area contributed by atoms with E-state index in [1.165, 1.54) is 24.8 Å². The van der Waals surface area contributed by atoms with Gasteiger partial charge in [-0.15, -0.1) is 0 Å². The van der Waals surface area contributed by atoms with Gasteiger partial charge in [-0.1, -0.05) is 42.9 Å². The minimum atomic E-state index is 0.262. The number of likely N-dealkylation sites (tertiary alicyclic amines) is 1. The van der Waals surface area contributed by atoms with Crippen molar-refractivity contribution in [2.45, 2.75) is 38.3 Å². The van der Waals surface area contributed by atoms with Crippen LogP contribution >= 0.6 is 12.2 Å². The third kappa shape index (κ3) is 3.75. The van der Waals surface area contributed by atoms with Gasteiger partial charge >= 0.3 is 0 Å². The molecule has 0 aromatic heterocycles. The molecule has 104 valence electrons. The van der Waals surface area contributed by atoms with Crippen LogP contribution in [-0.4, -0.2) is 34.2 Å². The van der Waals surface area contributed by atoms with Crippen molar-refractivity contribution in [3.63, 3.8) is 0 Å². The monoisotopic (exact) mass is 278 g/mol. The summed E-state index contributed by atoms with van der Waals surface area (Å²) in [7, 11) is 0. The van der Waals surface area contributed by atoms with Gasteiger partial charge in [0.15, 0.2) is 0 Å². The highest BCUT2D eigenvalue weighted by Gasteiger charge is 2.22. The lowest BCUT2D eigenvalue weighted by molar-refractivity contribution is 0.112. The molecule has 1 aromatic rings. The van der Waals surface area contributed by atoms with E-state index in [0.717, 1.165) is 25.1 Å². The normalized spacial score (nSPS) is 20.4. The van der Waals surface area contributed by atoms with Crippen molar-refractivity contribution in [1.82, 2.24) is 4.90 Å². The molecule has 1 aliphatic rings. The molecule has 0 bridgehead atoms. The minimum absolute atomic E-state index is 0.262. The van der Waals surface area contributed by atoms with Crippen LogP contribution in [0, 0.1) is 0 Å². The summed E-state index contributed by atoms with van der Waals surface area (Å²) in [6.07, 6.45) is 4.53. The molecule has 1 aromatic carbocycles. The minimum Gasteiger partial charge on any atom is -0.396 e. The number of thiocarbonyl (C=S) groups is 1. The first-order valence-electron chi connectivity index (χ1n) is 6.95. The summed E-state index contributed by atoms with van der Waals surface area (Å²) in [6, 6.07) is 8.57. The summed E-state index contributed by atoms with van der Waals surface area (Å²) in [5, 5.41) is 9.18. The molecule has 1 fully saturated rings. The number of rotatable bonds is 5. The van der Waals surface area contributed by atoms with Crippen LogP contribution < -0.4 is 5.73 Å². The summed E-state index contributed by atoms with van der Waals surface area (Å²) >= 11 is 5.12. The number of nitrogens with two attached hydrogens (primary N) is 1. The molecule has 0 spiro atoms. The van der Waals surface area contributed by atoms with Gasteiger partial charge in [0.25, 0.3) is 0 Å². The van der Waals surface area contributed by atoms with Gasteiger partial charge in [-0.25, -0.2) is 0 Å². The predicted molar refractivity (Wildman–Crippen MR) is 82.1 cm³/mol. The summed E-state index contributed by atoms with van der Waals surface area (Å²) in [5.74, 6) is 0. The number of hydrogen-bond donors (Lipinski definition) is 2. The molecule has 4 heteroatoms. The maximum absolute atomic E-state index is 9.18. The van der Waals surface area contributed by atoms with E-state index in [1.54, 1.807) is 0 Å². The smallest absolute Gasteiger partial charge is 0.104 e. The number of nitrogens with zero attached hydrogens (tertiary/aromatic N) is 1. The molecule has 3 N–H and O–H groups in total. The van der Waals surface area contributed by atoms with E-state index in [0.29, 0.717) is 11.0 Å². The van der Waals surface area contributed by atoms with Crippen LogP contribution in [0.1, 0.15) is 36.8 Å². The number of aliphatic hydroxyl groups is 1. The Hall–Kier alpha value is -0.970. The van der Waals surface area contributed by atoms with Gasteiger partial charge in [0, 0.05) is 24.8 Å². The van der Waals surface area contributed by atoms with Crippen LogP contribution in [-0.2, 0) is 6.54 Å². The van der Waals surface area contributed by atoms with Gasteiger partial charge in [0.05, 0.1) is 0 Å². The molecule has 0 radical (unpaired) electrons. The average molecular weight is 278 g/mol. The Kier molecular flexibility index (Phi) is 5.31. The van der Waals surface area contributed by atoms with E-state index in [2.05, 4.69) is 11.0 Å². The number of benzene rings is 1. The Labute approximate surface area is 120 Å². The second kappa shape index (κ2) is 6.98. The average Bonchev–Trinajstić information content (AvgIpc) is 2.42. The van der Waals surface area contributed by atoms with Crippen molar-refractivity contribution in [3.8, 4) is 0 Å². The molecular formula is C15H22N2OS. The SMILES string of the molecule is NC(=S)c1ccccc1CN1CCCCC1CCO. The third-order valence-corrected chi connectivity index (χ3v) is 4.09. The molecule has 1 atom stereocenters. The molecular weight excluding hydrogens is 256 g/mol. The molecule has 1 heterocycles. The summed E-state index contributed by atoms with van der Waals surface area (Å²) < 4.78 is 0. The van der Waals surface area contributed by atoms with Crippen LogP contribution in [0.5, 0.6) is 0 Å². The lowest BCUT2D eigenvalue weighted by atomic mass is 9.98. The summed E-state index contributed by atoms with van der Waals surface area (Å²) in [4.78, 5) is 2.92. The molecule has 1 saturated heterocycles. The van der Waals surface area contributed by atoms with Crippen LogP contribution in [0.3, 0.4) is 0 Å². The third-order valence-electron chi connectivity index (χ3n) is 3.87. The van der Waals surface area contributed by atoms with Crippen LogP contribution in [0.25, 0.3) is 0 Å². The first-order chi connectivity index (χ1) is 9.22. The van der Waals surface area contributed by atoms with Gasteiger partial charge < -0.3 is 10.8 Å². The zero-order valence-electron chi connectivity index (χ0n) is 11.2. The highest BCUT2D eigenvalue weighted by molar-refractivity contribution is 7.80. The van der Waals surface area contributed by atoms with E-state index < -0.39 is 0 Å². The fraction of sp³-hybridized carbons (Fsp3) is 0.533. The lowest BCUT2D eigenvalue weighted by Gasteiger charge is -2.36. The second-order valence-electron chi connectivity index (χ2n) is 5.15. The van der Waals surface area contributed by atoms with E-state index >= 15 is 0 Å². The van der Waals surface area contributed by atoms with E-state index in [4.69, 9.17) is 18.0 Å². The highest BCUT2D eigenvalue weighted by Crippen LogP contribution is 2.23. The second-order valence-corrected chi connectivity index (χ2v) is 5.59. The zero-order valence-corrected chi connectivity index (χ0v) is 12.0. The summed E-state index contributed by atoms with van der Waals surface area (Å²) in [5.41, 5.74) is 7.96.